The fraction of sp³-hybridized carbons (Fsp3) is 0. The molecule has 0 unspecified atom stereocenters. The minimum Gasteiger partial charge on any atom is -0.311 e. The predicted octanol–water partition coefficient (Wildman–Crippen LogP) is 10.9. The summed E-state index contributed by atoms with van der Waals surface area (Å²) in [6, 6.07) is 61.2. The molecule has 4 nitrogen and oxygen atoms in total. The highest BCUT2D eigenvalue weighted by atomic mass is 15.1. The number of pyridine rings is 1. The molecule has 0 atom stereocenters. The number of benzene rings is 6. The van der Waals surface area contributed by atoms with Crippen molar-refractivity contribution in [2.75, 3.05) is 4.90 Å². The Morgan fingerprint density at radius 1 is 0.413 bits per heavy atom. The van der Waals surface area contributed by atoms with Crippen LogP contribution in [0.5, 0.6) is 0 Å². The van der Waals surface area contributed by atoms with Gasteiger partial charge >= 0.3 is 0 Å². The van der Waals surface area contributed by atoms with E-state index in [2.05, 4.69) is 161 Å². The van der Waals surface area contributed by atoms with Crippen LogP contribution in [0.1, 0.15) is 0 Å². The van der Waals surface area contributed by atoms with Crippen molar-refractivity contribution in [1.29, 1.82) is 0 Å². The Morgan fingerprint density at radius 2 is 0.913 bits per heavy atom. The first kappa shape index (κ1) is 27.3. The van der Waals surface area contributed by atoms with Crippen LogP contribution >= 0.6 is 0 Å². The molecule has 4 heteroatoms. The molecule has 8 rings (SSSR count). The van der Waals surface area contributed by atoms with Crippen LogP contribution in [0.25, 0.3) is 50.5 Å². The van der Waals surface area contributed by atoms with Gasteiger partial charge in [0.1, 0.15) is 11.3 Å². The molecule has 8 aromatic rings. The zero-order chi connectivity index (χ0) is 30.7. The number of nitrogens with zero attached hydrogens (tertiary/aromatic N) is 4. The number of fused-ring (bicyclic) bond motifs is 1. The van der Waals surface area contributed by atoms with E-state index in [9.17, 15) is 0 Å². The van der Waals surface area contributed by atoms with E-state index in [1.165, 1.54) is 0 Å². The second-order valence-corrected chi connectivity index (χ2v) is 11.1. The van der Waals surface area contributed by atoms with Gasteiger partial charge in [-0.3, -0.25) is 4.57 Å². The van der Waals surface area contributed by atoms with Crippen molar-refractivity contribution >= 4 is 28.2 Å². The van der Waals surface area contributed by atoms with Crippen LogP contribution in [-0.4, -0.2) is 14.5 Å². The van der Waals surface area contributed by atoms with Crippen LogP contribution in [0.3, 0.4) is 0 Å². The number of imidazole rings is 1. The summed E-state index contributed by atoms with van der Waals surface area (Å²) in [5.41, 5.74) is 11.5. The number of hydrogen-bond donors (Lipinski definition) is 0. The van der Waals surface area contributed by atoms with Gasteiger partial charge in [0.15, 0.2) is 5.65 Å². The smallest absolute Gasteiger partial charge is 0.164 e. The minimum absolute atomic E-state index is 0.817. The molecular formula is C42H30N4. The maximum absolute atomic E-state index is 5.21. The Hall–Kier alpha value is -6.26. The molecule has 0 saturated heterocycles. The quantitative estimate of drug-likeness (QED) is 0.185. The average Bonchev–Trinajstić information content (AvgIpc) is 3.53. The molecule has 6 aromatic carbocycles. The van der Waals surface area contributed by atoms with E-state index in [1.807, 2.05) is 30.5 Å². The summed E-state index contributed by atoms with van der Waals surface area (Å²) < 4.78 is 2.24. The van der Waals surface area contributed by atoms with Gasteiger partial charge in [0.25, 0.3) is 0 Å². The molecule has 0 fully saturated rings. The molecule has 0 aliphatic carbocycles. The SMILES string of the molecule is c1ccc(-c2cccc(-c3ccccc3)c2-n2c(-c3ccc(N(c4ccccc4)c4ccccc4)cc3)nc3cccnc32)cc1. The van der Waals surface area contributed by atoms with E-state index in [-0.39, 0.29) is 0 Å². The lowest BCUT2D eigenvalue weighted by atomic mass is 9.95. The van der Waals surface area contributed by atoms with Crippen molar-refractivity contribution in [2.24, 2.45) is 0 Å². The van der Waals surface area contributed by atoms with E-state index in [0.29, 0.717) is 0 Å². The number of hydrogen-bond acceptors (Lipinski definition) is 3. The highest BCUT2D eigenvalue weighted by molar-refractivity contribution is 5.91. The molecule has 0 N–H and O–H groups in total. The van der Waals surface area contributed by atoms with Crippen LogP contribution in [0.15, 0.2) is 182 Å². The second-order valence-electron chi connectivity index (χ2n) is 11.1. The highest BCUT2D eigenvalue weighted by Gasteiger charge is 2.22. The summed E-state index contributed by atoms with van der Waals surface area (Å²) in [6.07, 6.45) is 1.85. The summed E-state index contributed by atoms with van der Waals surface area (Å²) >= 11 is 0. The third-order valence-corrected chi connectivity index (χ3v) is 8.26. The highest BCUT2D eigenvalue weighted by Crippen LogP contribution is 2.41. The Labute approximate surface area is 268 Å². The van der Waals surface area contributed by atoms with Gasteiger partial charge in [-0.25, -0.2) is 9.97 Å². The third kappa shape index (κ3) is 5.02. The average molecular weight is 591 g/mol. The van der Waals surface area contributed by atoms with Crippen LogP contribution < -0.4 is 4.90 Å². The van der Waals surface area contributed by atoms with Gasteiger partial charge < -0.3 is 4.90 Å². The lowest BCUT2D eigenvalue weighted by Crippen LogP contribution is -2.09. The van der Waals surface area contributed by atoms with Crippen molar-refractivity contribution < 1.29 is 0 Å². The molecule has 0 radical (unpaired) electrons. The monoisotopic (exact) mass is 590 g/mol. The summed E-state index contributed by atoms with van der Waals surface area (Å²) in [7, 11) is 0. The molecule has 0 bridgehead atoms. The number of aromatic nitrogens is 3. The van der Waals surface area contributed by atoms with E-state index in [0.717, 1.165) is 67.6 Å². The van der Waals surface area contributed by atoms with Crippen molar-refractivity contribution in [3.63, 3.8) is 0 Å². The molecule has 218 valence electrons. The molecule has 0 amide bonds. The van der Waals surface area contributed by atoms with Gasteiger partial charge in [0.2, 0.25) is 0 Å². The molecule has 46 heavy (non-hydrogen) atoms. The number of rotatable bonds is 7. The molecule has 0 saturated carbocycles. The molecule has 0 aliphatic heterocycles. The van der Waals surface area contributed by atoms with Crippen molar-refractivity contribution in [1.82, 2.24) is 14.5 Å². The molecule has 2 aromatic heterocycles. The fourth-order valence-electron chi connectivity index (χ4n) is 6.16. The summed E-state index contributed by atoms with van der Waals surface area (Å²) in [5, 5.41) is 0. The van der Waals surface area contributed by atoms with Gasteiger partial charge in [0.05, 0.1) is 5.69 Å². The number of anilines is 3. The standard InChI is InChI=1S/C42H30N4/c1-5-15-31(16-6-1)37-23-13-24-38(32-17-7-2-8-18-32)40(37)46-41(44-39-25-14-30-43-42(39)46)33-26-28-36(29-27-33)45(34-19-9-3-10-20-34)35-21-11-4-12-22-35/h1-30H. The van der Waals surface area contributed by atoms with Gasteiger partial charge in [-0.1, -0.05) is 115 Å². The van der Waals surface area contributed by atoms with Crippen molar-refractivity contribution in [3.8, 4) is 39.3 Å². The van der Waals surface area contributed by atoms with E-state index in [1.54, 1.807) is 0 Å². The zero-order valence-corrected chi connectivity index (χ0v) is 25.1. The van der Waals surface area contributed by atoms with Crippen molar-refractivity contribution in [3.05, 3.63) is 182 Å². The minimum atomic E-state index is 0.817. The van der Waals surface area contributed by atoms with E-state index >= 15 is 0 Å². The Kier molecular flexibility index (Phi) is 7.14. The lowest BCUT2D eigenvalue weighted by Gasteiger charge is -2.25. The normalized spacial score (nSPS) is 11.0. The number of para-hydroxylation sites is 3. The van der Waals surface area contributed by atoms with Crippen LogP contribution in [0.2, 0.25) is 0 Å². The van der Waals surface area contributed by atoms with Crippen LogP contribution in [0.4, 0.5) is 17.1 Å². The van der Waals surface area contributed by atoms with Gasteiger partial charge in [0, 0.05) is 39.9 Å². The Morgan fingerprint density at radius 3 is 1.46 bits per heavy atom. The van der Waals surface area contributed by atoms with Gasteiger partial charge in [-0.15, -0.1) is 0 Å². The van der Waals surface area contributed by atoms with Gasteiger partial charge in [-0.05, 0) is 71.8 Å². The molecule has 2 heterocycles. The fourth-order valence-corrected chi connectivity index (χ4v) is 6.16. The summed E-state index contributed by atoms with van der Waals surface area (Å²) in [5.74, 6) is 0.840. The third-order valence-electron chi connectivity index (χ3n) is 8.26. The van der Waals surface area contributed by atoms with E-state index in [4.69, 9.17) is 9.97 Å². The second kappa shape index (κ2) is 12.0. The van der Waals surface area contributed by atoms with Crippen LogP contribution in [0, 0.1) is 0 Å². The first-order valence-corrected chi connectivity index (χ1v) is 15.4. The molecular weight excluding hydrogens is 560 g/mol. The first-order chi connectivity index (χ1) is 22.8. The molecule has 0 aliphatic rings. The largest absolute Gasteiger partial charge is 0.311 e. The predicted molar refractivity (Wildman–Crippen MR) is 190 cm³/mol. The van der Waals surface area contributed by atoms with Crippen molar-refractivity contribution in [2.45, 2.75) is 0 Å². The first-order valence-electron chi connectivity index (χ1n) is 15.4. The summed E-state index contributed by atoms with van der Waals surface area (Å²) in [6.45, 7) is 0. The Bertz CT molecular complexity index is 2130. The topological polar surface area (TPSA) is 34.0 Å². The molecule has 0 spiro atoms. The zero-order valence-electron chi connectivity index (χ0n) is 25.1. The van der Waals surface area contributed by atoms with E-state index < -0.39 is 0 Å². The maximum Gasteiger partial charge on any atom is 0.164 e. The van der Waals surface area contributed by atoms with Gasteiger partial charge in [-0.2, -0.15) is 0 Å². The lowest BCUT2D eigenvalue weighted by molar-refractivity contribution is 1.08. The Balaban J connectivity index is 1.34. The van der Waals surface area contributed by atoms with Crippen LogP contribution in [-0.2, 0) is 0 Å². The summed E-state index contributed by atoms with van der Waals surface area (Å²) in [4.78, 5) is 12.4. The maximum atomic E-state index is 5.21.